The first kappa shape index (κ1) is 39.8. The Bertz CT molecular complexity index is 2910. The Morgan fingerprint density at radius 3 is 0.758 bits per heavy atom. The van der Waals surface area contributed by atoms with Gasteiger partial charge in [0.2, 0.25) is 0 Å². The predicted octanol–water partition coefficient (Wildman–Crippen LogP) is 12.2. The van der Waals surface area contributed by atoms with Gasteiger partial charge in [0.25, 0.3) is 0 Å². The smallest absolute Gasteiger partial charge is 0.164 e. The summed E-state index contributed by atoms with van der Waals surface area (Å²) in [6.45, 7) is 12.7. The van der Waals surface area contributed by atoms with E-state index in [1.165, 1.54) is 0 Å². The molecule has 3 aromatic heterocycles. The normalized spacial score (nSPS) is 11.7. The topological polar surface area (TPSA) is 116 Å². The number of hydrogen-bond acceptors (Lipinski definition) is 9. The summed E-state index contributed by atoms with van der Waals surface area (Å²) >= 11 is 0. The van der Waals surface area contributed by atoms with E-state index in [1.54, 1.807) is 0 Å². The summed E-state index contributed by atoms with van der Waals surface area (Å²) < 4.78 is 0. The zero-order valence-electron chi connectivity index (χ0n) is 35.6. The summed E-state index contributed by atoms with van der Waals surface area (Å²) in [4.78, 5) is 45.8. The van der Waals surface area contributed by atoms with E-state index in [0.29, 0.717) is 52.4 Å². The third-order valence-electron chi connectivity index (χ3n) is 10.3. The summed E-state index contributed by atoms with van der Waals surface area (Å²) in [5, 5.41) is 0. The fraction of sp³-hybridized carbons (Fsp3) is 0.151. The molecule has 0 aliphatic carbocycles. The van der Waals surface area contributed by atoms with Crippen molar-refractivity contribution in [1.82, 2.24) is 44.9 Å². The molecule has 0 N–H and O–H groups in total. The van der Waals surface area contributed by atoms with Crippen LogP contribution in [0.2, 0.25) is 0 Å². The highest BCUT2D eigenvalue weighted by Gasteiger charge is 2.26. The maximum Gasteiger partial charge on any atom is 0.164 e. The van der Waals surface area contributed by atoms with Crippen molar-refractivity contribution in [1.29, 1.82) is 0 Å². The zero-order chi connectivity index (χ0) is 42.8. The first-order valence-corrected chi connectivity index (χ1v) is 20.7. The molecule has 0 bridgehead atoms. The second kappa shape index (κ2) is 16.4. The van der Waals surface area contributed by atoms with E-state index in [0.717, 1.165) is 50.1 Å². The van der Waals surface area contributed by atoms with Crippen molar-refractivity contribution in [2.75, 3.05) is 0 Å². The molecule has 0 spiro atoms. The molecule has 0 unspecified atom stereocenters. The molecule has 9 aromatic rings. The third kappa shape index (κ3) is 8.65. The summed E-state index contributed by atoms with van der Waals surface area (Å²) in [5.74, 6) is 5.10. The van der Waals surface area contributed by atoms with Crippen LogP contribution in [0.25, 0.3) is 90.8 Å². The minimum atomic E-state index is -0.342. The van der Waals surface area contributed by atoms with Gasteiger partial charge in [-0.05, 0) is 29.3 Å². The first-order chi connectivity index (χ1) is 29.9. The molecule has 62 heavy (non-hydrogen) atoms. The second-order valence-electron chi connectivity index (χ2n) is 17.3. The van der Waals surface area contributed by atoms with Gasteiger partial charge in [-0.25, -0.2) is 44.9 Å². The van der Waals surface area contributed by atoms with Crippen molar-refractivity contribution < 1.29 is 0 Å². The van der Waals surface area contributed by atoms with Crippen LogP contribution < -0.4 is 0 Å². The van der Waals surface area contributed by atoms with Gasteiger partial charge in [-0.1, -0.05) is 187 Å². The average molecular weight is 808 g/mol. The molecular weight excluding hydrogens is 763 g/mol. The van der Waals surface area contributed by atoms with Crippen LogP contribution in [0.1, 0.15) is 53.2 Å². The van der Waals surface area contributed by atoms with E-state index in [1.807, 2.05) is 127 Å². The number of rotatable bonds is 8. The maximum atomic E-state index is 5.19. The molecular formula is C53H45N9. The van der Waals surface area contributed by atoms with E-state index in [-0.39, 0.29) is 10.8 Å². The lowest BCUT2D eigenvalue weighted by Crippen LogP contribution is -2.24. The van der Waals surface area contributed by atoms with E-state index < -0.39 is 0 Å². The third-order valence-corrected chi connectivity index (χ3v) is 10.3. The van der Waals surface area contributed by atoms with Crippen LogP contribution >= 0.6 is 0 Å². The highest BCUT2D eigenvalue weighted by molar-refractivity contribution is 5.78. The average Bonchev–Trinajstić information content (AvgIpc) is 3.31. The van der Waals surface area contributed by atoms with Gasteiger partial charge in [0.05, 0.1) is 0 Å². The van der Waals surface area contributed by atoms with Crippen LogP contribution in [0, 0.1) is 0 Å². The van der Waals surface area contributed by atoms with Gasteiger partial charge in [0.15, 0.2) is 40.8 Å². The van der Waals surface area contributed by atoms with Crippen molar-refractivity contribution in [3.05, 3.63) is 175 Å². The van der Waals surface area contributed by atoms with E-state index in [2.05, 4.69) is 77.9 Å². The zero-order valence-corrected chi connectivity index (χ0v) is 35.6. The van der Waals surface area contributed by atoms with Gasteiger partial charge >= 0.3 is 0 Å². The Morgan fingerprint density at radius 1 is 0.226 bits per heavy atom. The number of nitrogens with zero attached hydrogens (tertiary/aromatic N) is 9. The van der Waals surface area contributed by atoms with Crippen molar-refractivity contribution in [3.8, 4) is 90.8 Å². The summed E-state index contributed by atoms with van der Waals surface area (Å²) in [6.07, 6.45) is 0. The minimum absolute atomic E-state index is 0.342. The number of aromatic nitrogens is 9. The highest BCUT2D eigenvalue weighted by Crippen LogP contribution is 2.35. The number of hydrogen-bond donors (Lipinski definition) is 0. The Hall–Kier alpha value is -7.65. The van der Waals surface area contributed by atoms with Crippen molar-refractivity contribution in [3.63, 3.8) is 0 Å². The van der Waals surface area contributed by atoms with Crippen molar-refractivity contribution in [2.45, 2.75) is 52.4 Å². The lowest BCUT2D eigenvalue weighted by atomic mass is 9.92. The molecule has 0 saturated carbocycles. The molecule has 6 aromatic carbocycles. The van der Waals surface area contributed by atoms with Crippen molar-refractivity contribution >= 4 is 0 Å². The van der Waals surface area contributed by atoms with Gasteiger partial charge in [0.1, 0.15) is 11.6 Å². The fourth-order valence-electron chi connectivity index (χ4n) is 6.92. The Morgan fingerprint density at radius 2 is 0.452 bits per heavy atom. The molecule has 9 rings (SSSR count). The molecule has 0 atom stereocenters. The molecule has 0 saturated heterocycles. The van der Waals surface area contributed by atoms with Crippen LogP contribution in [-0.4, -0.2) is 44.9 Å². The number of benzene rings is 6. The lowest BCUT2D eigenvalue weighted by Gasteiger charge is -2.23. The molecule has 0 amide bonds. The van der Waals surface area contributed by atoms with Crippen LogP contribution in [0.3, 0.4) is 0 Å². The van der Waals surface area contributed by atoms with Gasteiger partial charge in [-0.3, -0.25) is 0 Å². The molecule has 9 nitrogen and oxygen atoms in total. The Labute approximate surface area is 362 Å². The standard InChI is InChI=1S/C53H45N9/c1-52(2,3)50-60-49(61-51(62-50)53(4,5)6)42-32-40(47-56-43(36-21-13-8-14-22-36)54-44(57-47)37-23-15-9-16-24-37)31-41(33-42)48-58-45(38-25-17-10-18-26-38)55-46(59-48)39-29-27-35(28-30-39)34-19-11-7-12-20-34/h7-33H,1-6H3. The van der Waals surface area contributed by atoms with Gasteiger partial charge in [0, 0.05) is 49.8 Å². The largest absolute Gasteiger partial charge is 0.217 e. The fourth-order valence-corrected chi connectivity index (χ4v) is 6.92. The minimum Gasteiger partial charge on any atom is -0.217 e. The quantitative estimate of drug-likeness (QED) is 0.148. The lowest BCUT2D eigenvalue weighted by molar-refractivity contribution is 0.497. The maximum absolute atomic E-state index is 5.19. The molecule has 0 aliphatic heterocycles. The summed E-state index contributed by atoms with van der Waals surface area (Å²) in [5.41, 5.74) is 7.22. The van der Waals surface area contributed by atoms with Gasteiger partial charge in [-0.15, -0.1) is 0 Å². The second-order valence-corrected chi connectivity index (χ2v) is 17.3. The monoisotopic (exact) mass is 807 g/mol. The van der Waals surface area contributed by atoms with Gasteiger partial charge in [-0.2, -0.15) is 0 Å². The van der Waals surface area contributed by atoms with E-state index >= 15 is 0 Å². The van der Waals surface area contributed by atoms with Crippen molar-refractivity contribution in [2.24, 2.45) is 0 Å². The predicted molar refractivity (Wildman–Crippen MR) is 247 cm³/mol. The van der Waals surface area contributed by atoms with E-state index in [4.69, 9.17) is 44.9 Å². The Balaban J connectivity index is 1.29. The van der Waals surface area contributed by atoms with Crippen LogP contribution in [0.4, 0.5) is 0 Å². The molecule has 0 fully saturated rings. The molecule has 302 valence electrons. The highest BCUT2D eigenvalue weighted by atomic mass is 15.1. The summed E-state index contributed by atoms with van der Waals surface area (Å²) in [6, 6.07) is 54.7. The van der Waals surface area contributed by atoms with E-state index in [9.17, 15) is 0 Å². The molecule has 9 heteroatoms. The van der Waals surface area contributed by atoms with Crippen LogP contribution in [0.5, 0.6) is 0 Å². The molecule has 0 aliphatic rings. The van der Waals surface area contributed by atoms with Crippen LogP contribution in [0.15, 0.2) is 164 Å². The SMILES string of the molecule is CC(C)(C)c1nc(-c2cc(-c3nc(-c4ccccc4)nc(-c4ccccc4)n3)cc(-c3nc(-c4ccccc4)nc(-c4ccc(-c5ccccc5)cc4)n3)c2)nc(C(C)(C)C)n1. The molecule has 3 heterocycles. The van der Waals surface area contributed by atoms with Crippen LogP contribution in [-0.2, 0) is 10.8 Å². The van der Waals surface area contributed by atoms with Gasteiger partial charge < -0.3 is 0 Å². The molecule has 0 radical (unpaired) electrons. The summed E-state index contributed by atoms with van der Waals surface area (Å²) in [7, 11) is 0. The first-order valence-electron chi connectivity index (χ1n) is 20.7. The Kier molecular flexibility index (Phi) is 10.5.